The summed E-state index contributed by atoms with van der Waals surface area (Å²) < 4.78 is 26.3. The van der Waals surface area contributed by atoms with Gasteiger partial charge in [-0.05, 0) is 30.9 Å². The average molecular weight is 269 g/mol. The number of pyridine rings is 1. The van der Waals surface area contributed by atoms with Gasteiger partial charge in [0.1, 0.15) is 0 Å². The van der Waals surface area contributed by atoms with E-state index in [2.05, 4.69) is 11.9 Å². The van der Waals surface area contributed by atoms with Crippen molar-refractivity contribution in [1.29, 1.82) is 0 Å². The van der Waals surface area contributed by atoms with Crippen LogP contribution in [0.3, 0.4) is 0 Å². The third-order valence-electron chi connectivity index (χ3n) is 3.33. The quantitative estimate of drug-likeness (QED) is 0.898. The van der Waals surface area contributed by atoms with Crippen molar-refractivity contribution >= 4 is 15.7 Å². The van der Waals surface area contributed by atoms with Crippen LogP contribution in [0.1, 0.15) is 26.2 Å². The highest BCUT2D eigenvalue weighted by Gasteiger charge is 2.33. The van der Waals surface area contributed by atoms with Crippen LogP contribution in [0.15, 0.2) is 23.4 Å². The van der Waals surface area contributed by atoms with E-state index in [0.29, 0.717) is 19.0 Å². The molecule has 2 heterocycles. The molecular weight excluding hydrogens is 250 g/mol. The zero-order valence-corrected chi connectivity index (χ0v) is 11.4. The Labute approximate surface area is 108 Å². The summed E-state index contributed by atoms with van der Waals surface area (Å²) in [7, 11) is -3.52. The van der Waals surface area contributed by atoms with Crippen molar-refractivity contribution in [3.05, 3.63) is 18.3 Å². The highest BCUT2D eigenvalue weighted by Crippen LogP contribution is 2.27. The lowest BCUT2D eigenvalue weighted by atomic mass is 10.0. The summed E-state index contributed by atoms with van der Waals surface area (Å²) >= 11 is 0. The average Bonchev–Trinajstić information content (AvgIpc) is 2.79. The lowest BCUT2D eigenvalue weighted by molar-refractivity contribution is 0.443. The maximum atomic E-state index is 12.4. The summed E-state index contributed by atoms with van der Waals surface area (Å²) in [5, 5.41) is -0.0119. The van der Waals surface area contributed by atoms with Gasteiger partial charge in [0.2, 0.25) is 0 Å². The Kier molecular flexibility index (Phi) is 3.87. The molecule has 0 radical (unpaired) electrons. The number of anilines is 1. The fraction of sp³-hybridized carbons (Fsp3) is 0.583. The van der Waals surface area contributed by atoms with Gasteiger partial charge in [-0.25, -0.2) is 13.4 Å². The van der Waals surface area contributed by atoms with E-state index in [0.717, 1.165) is 19.3 Å². The van der Waals surface area contributed by atoms with E-state index < -0.39 is 10.0 Å². The number of sulfonamides is 1. The van der Waals surface area contributed by atoms with Gasteiger partial charge in [0.25, 0.3) is 10.0 Å². The molecule has 18 heavy (non-hydrogen) atoms. The van der Waals surface area contributed by atoms with E-state index in [4.69, 9.17) is 5.73 Å². The molecule has 1 atom stereocenters. The molecule has 5 nitrogen and oxygen atoms in total. The molecule has 0 amide bonds. The molecule has 1 aliphatic heterocycles. The molecule has 1 fully saturated rings. The van der Waals surface area contributed by atoms with E-state index in [1.54, 1.807) is 12.1 Å². The lowest BCUT2D eigenvalue weighted by Gasteiger charge is -2.16. The number of nitrogens with two attached hydrogens (primary N) is 1. The SMILES string of the molecule is CCCC1CCN(S(=O)(=O)c2ncccc2N)C1. The van der Waals surface area contributed by atoms with Crippen LogP contribution < -0.4 is 5.73 Å². The second kappa shape index (κ2) is 5.24. The molecule has 0 aromatic carbocycles. The van der Waals surface area contributed by atoms with E-state index in [9.17, 15) is 8.42 Å². The summed E-state index contributed by atoms with van der Waals surface area (Å²) in [6.45, 7) is 3.28. The van der Waals surface area contributed by atoms with Crippen molar-refractivity contribution in [2.45, 2.75) is 31.2 Å². The van der Waals surface area contributed by atoms with Crippen molar-refractivity contribution in [2.24, 2.45) is 5.92 Å². The first-order chi connectivity index (χ1) is 8.55. The number of hydrogen-bond donors (Lipinski definition) is 1. The highest BCUT2D eigenvalue weighted by molar-refractivity contribution is 7.89. The topological polar surface area (TPSA) is 76.3 Å². The van der Waals surface area contributed by atoms with Gasteiger partial charge in [-0.2, -0.15) is 4.31 Å². The van der Waals surface area contributed by atoms with Crippen LogP contribution in [0.2, 0.25) is 0 Å². The van der Waals surface area contributed by atoms with Crippen LogP contribution in [0.4, 0.5) is 5.69 Å². The second-order valence-corrected chi connectivity index (χ2v) is 6.56. The minimum atomic E-state index is -3.52. The van der Waals surface area contributed by atoms with Gasteiger partial charge >= 0.3 is 0 Å². The Balaban J connectivity index is 2.21. The molecule has 2 N–H and O–H groups in total. The maximum Gasteiger partial charge on any atom is 0.262 e. The Hall–Kier alpha value is -1.14. The van der Waals surface area contributed by atoms with Crippen LogP contribution in [0, 0.1) is 5.92 Å². The molecule has 1 saturated heterocycles. The van der Waals surface area contributed by atoms with Crippen LogP contribution in [0.5, 0.6) is 0 Å². The summed E-state index contributed by atoms with van der Waals surface area (Å²) in [6, 6.07) is 3.21. The van der Waals surface area contributed by atoms with Crippen molar-refractivity contribution in [2.75, 3.05) is 18.8 Å². The van der Waals surface area contributed by atoms with Gasteiger partial charge in [0.05, 0.1) is 5.69 Å². The monoisotopic (exact) mass is 269 g/mol. The normalized spacial score (nSPS) is 21.3. The van der Waals surface area contributed by atoms with Crippen molar-refractivity contribution < 1.29 is 8.42 Å². The predicted octanol–water partition coefficient (Wildman–Crippen LogP) is 1.47. The Morgan fingerprint density at radius 3 is 3.00 bits per heavy atom. The predicted molar refractivity (Wildman–Crippen MR) is 70.4 cm³/mol. The largest absolute Gasteiger partial charge is 0.396 e. The maximum absolute atomic E-state index is 12.4. The molecule has 2 rings (SSSR count). The van der Waals surface area contributed by atoms with Gasteiger partial charge in [-0.15, -0.1) is 0 Å². The highest BCUT2D eigenvalue weighted by atomic mass is 32.2. The molecule has 1 aliphatic rings. The fourth-order valence-electron chi connectivity index (χ4n) is 2.40. The molecule has 0 spiro atoms. The van der Waals surface area contributed by atoms with Crippen LogP contribution in [-0.2, 0) is 10.0 Å². The van der Waals surface area contributed by atoms with Crippen molar-refractivity contribution in [1.82, 2.24) is 9.29 Å². The first-order valence-corrected chi connectivity index (χ1v) is 7.70. The lowest BCUT2D eigenvalue weighted by Crippen LogP contribution is -2.30. The van der Waals surface area contributed by atoms with E-state index >= 15 is 0 Å². The summed E-state index contributed by atoms with van der Waals surface area (Å²) in [4.78, 5) is 3.91. The molecule has 1 aromatic heterocycles. The Morgan fingerprint density at radius 2 is 2.33 bits per heavy atom. The molecule has 100 valence electrons. The summed E-state index contributed by atoms with van der Waals surface area (Å²) in [5.41, 5.74) is 5.92. The second-order valence-electron chi connectivity index (χ2n) is 4.70. The molecule has 6 heteroatoms. The number of rotatable bonds is 4. The van der Waals surface area contributed by atoms with Gasteiger partial charge in [-0.3, -0.25) is 0 Å². The zero-order chi connectivity index (χ0) is 13.2. The summed E-state index contributed by atoms with van der Waals surface area (Å²) in [5.74, 6) is 0.467. The zero-order valence-electron chi connectivity index (χ0n) is 10.5. The van der Waals surface area contributed by atoms with E-state index in [1.807, 2.05) is 0 Å². The first-order valence-electron chi connectivity index (χ1n) is 6.26. The van der Waals surface area contributed by atoms with Gasteiger partial charge in [0.15, 0.2) is 5.03 Å². The molecule has 0 saturated carbocycles. The molecular formula is C12H19N3O2S. The fourth-order valence-corrected chi connectivity index (χ4v) is 3.96. The van der Waals surface area contributed by atoms with Crippen LogP contribution in [-0.4, -0.2) is 30.8 Å². The van der Waals surface area contributed by atoms with E-state index in [1.165, 1.54) is 10.5 Å². The molecule has 0 bridgehead atoms. The first kappa shape index (κ1) is 13.3. The number of hydrogen-bond acceptors (Lipinski definition) is 4. The van der Waals surface area contributed by atoms with Crippen molar-refractivity contribution in [3.8, 4) is 0 Å². The summed E-state index contributed by atoms with van der Waals surface area (Å²) in [6.07, 6.45) is 4.55. The van der Waals surface area contributed by atoms with Gasteiger partial charge < -0.3 is 5.73 Å². The molecule has 1 unspecified atom stereocenters. The van der Waals surface area contributed by atoms with Gasteiger partial charge in [-0.1, -0.05) is 13.3 Å². The standard InChI is InChI=1S/C12H19N3O2S/c1-2-4-10-6-8-15(9-10)18(16,17)12-11(13)5-3-7-14-12/h3,5,7,10H,2,4,6,8-9,13H2,1H3. The molecule has 1 aromatic rings. The number of nitrogen functional groups attached to an aromatic ring is 1. The van der Waals surface area contributed by atoms with Crippen LogP contribution in [0.25, 0.3) is 0 Å². The number of aromatic nitrogens is 1. The molecule has 0 aliphatic carbocycles. The van der Waals surface area contributed by atoms with Gasteiger partial charge in [0, 0.05) is 19.3 Å². The number of nitrogens with zero attached hydrogens (tertiary/aromatic N) is 2. The minimum Gasteiger partial charge on any atom is -0.396 e. The third kappa shape index (κ3) is 2.49. The van der Waals surface area contributed by atoms with Crippen LogP contribution >= 0.6 is 0 Å². The Morgan fingerprint density at radius 1 is 1.56 bits per heavy atom. The van der Waals surface area contributed by atoms with E-state index in [-0.39, 0.29) is 10.7 Å². The minimum absolute atomic E-state index is 0.0119. The van der Waals surface area contributed by atoms with Crippen molar-refractivity contribution in [3.63, 3.8) is 0 Å². The third-order valence-corrected chi connectivity index (χ3v) is 5.17. The smallest absolute Gasteiger partial charge is 0.262 e. The Bertz CT molecular complexity index is 516.